The minimum absolute atomic E-state index is 0.618. The van der Waals surface area contributed by atoms with Crippen molar-refractivity contribution in [2.45, 2.75) is 13.0 Å². The summed E-state index contributed by atoms with van der Waals surface area (Å²) in [4.78, 5) is 1.42. The fraction of sp³-hybridized carbons (Fsp3) is 0.333. The van der Waals surface area contributed by atoms with Crippen molar-refractivity contribution in [2.24, 2.45) is 0 Å². The van der Waals surface area contributed by atoms with Crippen molar-refractivity contribution in [1.29, 1.82) is 0 Å². The quantitative estimate of drug-likeness (QED) is 0.749. The van der Waals surface area contributed by atoms with Crippen LogP contribution in [-0.4, -0.2) is 19.7 Å². The van der Waals surface area contributed by atoms with Gasteiger partial charge in [0.15, 0.2) is 0 Å². The van der Waals surface area contributed by atoms with Crippen LogP contribution in [0.15, 0.2) is 41.8 Å². The highest BCUT2D eigenvalue weighted by Crippen LogP contribution is 2.11. The van der Waals surface area contributed by atoms with Crippen LogP contribution >= 0.6 is 22.9 Å². The molecule has 0 atom stereocenters. The van der Waals surface area contributed by atoms with E-state index in [9.17, 15) is 0 Å². The number of halogens is 1. The maximum Gasteiger partial charge on any atom is 0.0718 e. The molecule has 2 nitrogen and oxygen atoms in total. The maximum absolute atomic E-state index is 5.91. The summed E-state index contributed by atoms with van der Waals surface area (Å²) in [5.74, 6) is 0. The van der Waals surface area contributed by atoms with Crippen molar-refractivity contribution in [3.05, 3.63) is 57.2 Å². The van der Waals surface area contributed by atoms with Gasteiger partial charge in [-0.15, -0.1) is 11.3 Å². The van der Waals surface area contributed by atoms with Gasteiger partial charge < -0.3 is 10.1 Å². The first-order chi connectivity index (χ1) is 9.34. The third-order valence-electron chi connectivity index (χ3n) is 2.71. The summed E-state index contributed by atoms with van der Waals surface area (Å²) < 4.78 is 5.59. The van der Waals surface area contributed by atoms with E-state index >= 15 is 0 Å². The first kappa shape index (κ1) is 14.5. The first-order valence-corrected chi connectivity index (χ1v) is 7.65. The highest BCUT2D eigenvalue weighted by Gasteiger charge is 1.96. The van der Waals surface area contributed by atoms with E-state index in [1.54, 1.807) is 11.3 Å². The molecule has 1 N–H and O–H groups in total. The third kappa shape index (κ3) is 5.74. The van der Waals surface area contributed by atoms with Crippen LogP contribution in [-0.2, 0) is 17.8 Å². The predicted octanol–water partition coefficient (Wildman–Crippen LogP) is 3.75. The summed E-state index contributed by atoms with van der Waals surface area (Å²) in [6, 6.07) is 12.0. The zero-order valence-electron chi connectivity index (χ0n) is 10.8. The van der Waals surface area contributed by atoms with Gasteiger partial charge in [0.05, 0.1) is 13.2 Å². The number of nitrogens with one attached hydrogen (secondary N) is 1. The lowest BCUT2D eigenvalue weighted by molar-refractivity contribution is 0.123. The van der Waals surface area contributed by atoms with Crippen LogP contribution in [0.3, 0.4) is 0 Å². The number of rotatable bonds is 8. The monoisotopic (exact) mass is 295 g/mol. The van der Waals surface area contributed by atoms with Crippen LogP contribution in [0.25, 0.3) is 0 Å². The Hall–Kier alpha value is -0.870. The number of hydrogen-bond acceptors (Lipinski definition) is 3. The molecule has 0 saturated carbocycles. The van der Waals surface area contributed by atoms with Crippen LogP contribution < -0.4 is 5.32 Å². The van der Waals surface area contributed by atoms with E-state index in [0.29, 0.717) is 6.61 Å². The van der Waals surface area contributed by atoms with Crippen LogP contribution in [0.1, 0.15) is 10.4 Å². The van der Waals surface area contributed by atoms with Crippen LogP contribution in [0.2, 0.25) is 5.02 Å². The highest BCUT2D eigenvalue weighted by atomic mass is 35.5. The van der Waals surface area contributed by atoms with Gasteiger partial charge in [0.2, 0.25) is 0 Å². The topological polar surface area (TPSA) is 21.3 Å². The average Bonchev–Trinajstić information content (AvgIpc) is 2.91. The van der Waals surface area contributed by atoms with Gasteiger partial charge in [0, 0.05) is 23.0 Å². The molecule has 2 rings (SSSR count). The van der Waals surface area contributed by atoms with Crippen molar-refractivity contribution in [1.82, 2.24) is 5.32 Å². The second-order valence-corrected chi connectivity index (χ2v) is 5.73. The van der Waals surface area contributed by atoms with Gasteiger partial charge in [-0.1, -0.05) is 29.8 Å². The lowest BCUT2D eigenvalue weighted by atomic mass is 10.2. The summed E-state index contributed by atoms with van der Waals surface area (Å²) in [5, 5.41) is 6.25. The van der Waals surface area contributed by atoms with Crippen molar-refractivity contribution in [2.75, 3.05) is 19.7 Å². The molecule has 2 aromatic rings. The van der Waals surface area contributed by atoms with Crippen molar-refractivity contribution < 1.29 is 4.74 Å². The van der Waals surface area contributed by atoms with Crippen LogP contribution in [0.4, 0.5) is 0 Å². The molecule has 102 valence electrons. The molecule has 4 heteroatoms. The molecule has 1 aromatic carbocycles. The Morgan fingerprint density at radius 3 is 2.89 bits per heavy atom. The summed E-state index contributed by atoms with van der Waals surface area (Å²) in [5.41, 5.74) is 1.12. The van der Waals surface area contributed by atoms with E-state index in [-0.39, 0.29) is 0 Å². The second-order valence-electron chi connectivity index (χ2n) is 4.26. The summed E-state index contributed by atoms with van der Waals surface area (Å²) in [6.07, 6.45) is 1.09. The predicted molar refractivity (Wildman–Crippen MR) is 82.0 cm³/mol. The minimum Gasteiger partial charge on any atom is -0.375 e. The largest absolute Gasteiger partial charge is 0.375 e. The summed E-state index contributed by atoms with van der Waals surface area (Å²) >= 11 is 7.71. The zero-order valence-corrected chi connectivity index (χ0v) is 12.3. The third-order valence-corrected chi connectivity index (χ3v) is 3.88. The molecule has 0 amide bonds. The van der Waals surface area contributed by atoms with Crippen molar-refractivity contribution in [3.8, 4) is 0 Å². The zero-order chi connectivity index (χ0) is 13.3. The van der Waals surface area contributed by atoms with Gasteiger partial charge in [-0.3, -0.25) is 0 Å². The van der Waals surface area contributed by atoms with Gasteiger partial charge in [-0.05, 0) is 35.6 Å². The molecule has 1 aromatic heterocycles. The molecule has 0 saturated heterocycles. The molecular formula is C15H18ClNOS. The van der Waals surface area contributed by atoms with Crippen LogP contribution in [0.5, 0.6) is 0 Å². The number of benzene rings is 1. The molecule has 0 fully saturated rings. The Morgan fingerprint density at radius 1 is 1.16 bits per heavy atom. The molecule has 0 aliphatic heterocycles. The van der Waals surface area contributed by atoms with E-state index in [2.05, 4.69) is 22.8 Å². The van der Waals surface area contributed by atoms with Gasteiger partial charge in [-0.2, -0.15) is 0 Å². The Bertz CT molecular complexity index is 473. The SMILES string of the molecule is Clc1cccc(COCCNCCc2cccs2)c1. The Morgan fingerprint density at radius 2 is 2.11 bits per heavy atom. The molecule has 0 aliphatic carbocycles. The molecular weight excluding hydrogens is 278 g/mol. The summed E-state index contributed by atoms with van der Waals surface area (Å²) in [6.45, 7) is 3.22. The normalized spacial score (nSPS) is 10.8. The van der Waals surface area contributed by atoms with E-state index < -0.39 is 0 Å². The number of thiophene rings is 1. The molecule has 0 spiro atoms. The number of ether oxygens (including phenoxy) is 1. The molecule has 0 unspecified atom stereocenters. The fourth-order valence-corrected chi connectivity index (χ4v) is 2.67. The molecule has 19 heavy (non-hydrogen) atoms. The van der Waals surface area contributed by atoms with Gasteiger partial charge in [-0.25, -0.2) is 0 Å². The number of hydrogen-bond donors (Lipinski definition) is 1. The van der Waals surface area contributed by atoms with Crippen LogP contribution in [0, 0.1) is 0 Å². The smallest absolute Gasteiger partial charge is 0.0718 e. The maximum atomic E-state index is 5.91. The second kappa shape index (κ2) is 8.33. The lowest BCUT2D eigenvalue weighted by Gasteiger charge is -2.06. The minimum atomic E-state index is 0.618. The Balaban J connectivity index is 1.50. The average molecular weight is 296 g/mol. The van der Waals surface area contributed by atoms with Gasteiger partial charge in [0.1, 0.15) is 0 Å². The van der Waals surface area contributed by atoms with Gasteiger partial charge >= 0.3 is 0 Å². The Labute approximate surface area is 123 Å². The van der Waals surface area contributed by atoms with Gasteiger partial charge in [0.25, 0.3) is 0 Å². The molecule has 0 bridgehead atoms. The van der Waals surface area contributed by atoms with E-state index in [1.165, 1.54) is 4.88 Å². The van der Waals surface area contributed by atoms with Crippen molar-refractivity contribution in [3.63, 3.8) is 0 Å². The standard InChI is InChI=1S/C15H18ClNOS/c16-14-4-1-3-13(11-14)12-18-9-8-17-7-6-15-5-2-10-19-15/h1-5,10-11,17H,6-9,12H2. The lowest BCUT2D eigenvalue weighted by Crippen LogP contribution is -2.21. The molecule has 0 radical (unpaired) electrons. The fourth-order valence-electron chi connectivity index (χ4n) is 1.75. The van der Waals surface area contributed by atoms with Crippen molar-refractivity contribution >= 4 is 22.9 Å². The summed E-state index contributed by atoms with van der Waals surface area (Å²) in [7, 11) is 0. The first-order valence-electron chi connectivity index (χ1n) is 6.40. The highest BCUT2D eigenvalue weighted by molar-refractivity contribution is 7.09. The van der Waals surface area contributed by atoms with E-state index in [4.69, 9.17) is 16.3 Å². The van der Waals surface area contributed by atoms with E-state index in [1.807, 2.05) is 24.3 Å². The molecule has 1 heterocycles. The van der Waals surface area contributed by atoms with E-state index in [0.717, 1.165) is 36.7 Å². The Kier molecular flexibility index (Phi) is 6.37. The molecule has 0 aliphatic rings.